The van der Waals surface area contributed by atoms with Crippen LogP contribution >= 0.6 is 22.7 Å². The zero-order valence-electron chi connectivity index (χ0n) is 10.0. The lowest BCUT2D eigenvalue weighted by atomic mass is 9.93. The first-order valence-electron chi connectivity index (χ1n) is 6.40. The Morgan fingerprint density at radius 1 is 0.889 bits per heavy atom. The van der Waals surface area contributed by atoms with Crippen LogP contribution in [0.25, 0.3) is 9.75 Å². The highest BCUT2D eigenvalue weighted by molar-refractivity contribution is 7.21. The van der Waals surface area contributed by atoms with Gasteiger partial charge in [0.25, 0.3) is 0 Å². The number of rotatable bonds is 1. The highest BCUT2D eigenvalue weighted by Gasteiger charge is 2.24. The minimum Gasteiger partial charge on any atom is -0.485 e. The fourth-order valence-electron chi connectivity index (χ4n) is 2.73. The second-order valence-corrected chi connectivity index (χ2v) is 6.49. The average molecular weight is 278 g/mol. The minimum atomic E-state index is 0.671. The molecule has 0 atom stereocenters. The van der Waals surface area contributed by atoms with Crippen molar-refractivity contribution in [1.29, 1.82) is 0 Å². The van der Waals surface area contributed by atoms with E-state index in [1.54, 1.807) is 22.5 Å². The molecule has 2 nitrogen and oxygen atoms in total. The Kier molecular flexibility index (Phi) is 2.59. The van der Waals surface area contributed by atoms with Crippen LogP contribution in [0.3, 0.4) is 0 Å². The molecule has 0 bridgehead atoms. The Morgan fingerprint density at radius 3 is 2.72 bits per heavy atom. The van der Waals surface area contributed by atoms with E-state index in [0.717, 1.165) is 11.5 Å². The van der Waals surface area contributed by atoms with E-state index < -0.39 is 0 Å². The maximum atomic E-state index is 5.80. The van der Waals surface area contributed by atoms with Crippen LogP contribution in [-0.2, 0) is 12.8 Å². The molecule has 0 N–H and O–H groups in total. The normalized spacial score (nSPS) is 17.6. The van der Waals surface area contributed by atoms with Crippen molar-refractivity contribution in [3.05, 3.63) is 21.9 Å². The van der Waals surface area contributed by atoms with E-state index in [1.165, 1.54) is 35.4 Å². The standard InChI is InChI=1S/C14H14O2S2/c1-2-4-10-9(3-1)7-17-13(10)14-12-11(8-18-14)15-5-6-16-12/h7-8H,1-6H2. The van der Waals surface area contributed by atoms with Crippen LogP contribution in [0.1, 0.15) is 24.0 Å². The van der Waals surface area contributed by atoms with Gasteiger partial charge in [-0.1, -0.05) is 0 Å². The third-order valence-corrected chi connectivity index (χ3v) is 5.79. The van der Waals surface area contributed by atoms with Gasteiger partial charge in [0.05, 0.1) is 9.75 Å². The molecule has 0 spiro atoms. The first-order valence-corrected chi connectivity index (χ1v) is 8.16. The van der Waals surface area contributed by atoms with Crippen LogP contribution in [0, 0.1) is 0 Å². The number of hydrogen-bond acceptors (Lipinski definition) is 4. The highest BCUT2D eigenvalue weighted by Crippen LogP contribution is 2.49. The quantitative estimate of drug-likeness (QED) is 0.781. The van der Waals surface area contributed by atoms with E-state index >= 15 is 0 Å². The first-order chi connectivity index (χ1) is 8.93. The van der Waals surface area contributed by atoms with Crippen LogP contribution in [-0.4, -0.2) is 13.2 Å². The van der Waals surface area contributed by atoms with E-state index in [1.807, 2.05) is 11.3 Å². The zero-order chi connectivity index (χ0) is 11.9. The van der Waals surface area contributed by atoms with Crippen LogP contribution in [0.15, 0.2) is 10.8 Å². The molecule has 94 valence electrons. The summed E-state index contributed by atoms with van der Waals surface area (Å²) >= 11 is 3.63. The molecule has 2 aliphatic rings. The SMILES string of the molecule is c1sc(-c2scc3c2OCCO3)c2c1CCCC2. The van der Waals surface area contributed by atoms with Gasteiger partial charge in [0, 0.05) is 5.38 Å². The molecule has 0 unspecified atom stereocenters. The van der Waals surface area contributed by atoms with E-state index in [-0.39, 0.29) is 0 Å². The number of thiophene rings is 2. The van der Waals surface area contributed by atoms with E-state index in [0.29, 0.717) is 13.2 Å². The first kappa shape index (κ1) is 10.9. The molecule has 0 amide bonds. The number of hydrogen-bond donors (Lipinski definition) is 0. The van der Waals surface area contributed by atoms with Crippen molar-refractivity contribution in [2.24, 2.45) is 0 Å². The Labute approximate surface area is 114 Å². The molecular weight excluding hydrogens is 264 g/mol. The molecule has 0 saturated carbocycles. The Morgan fingerprint density at radius 2 is 1.72 bits per heavy atom. The molecule has 2 aromatic heterocycles. The Balaban J connectivity index is 1.83. The van der Waals surface area contributed by atoms with Gasteiger partial charge in [-0.25, -0.2) is 0 Å². The van der Waals surface area contributed by atoms with Gasteiger partial charge in [-0.2, -0.15) is 0 Å². The van der Waals surface area contributed by atoms with Crippen molar-refractivity contribution in [3.63, 3.8) is 0 Å². The summed E-state index contributed by atoms with van der Waals surface area (Å²) in [5.74, 6) is 1.90. The van der Waals surface area contributed by atoms with E-state index in [9.17, 15) is 0 Å². The summed E-state index contributed by atoms with van der Waals surface area (Å²) in [6.45, 7) is 1.34. The molecule has 0 fully saturated rings. The van der Waals surface area contributed by atoms with Crippen molar-refractivity contribution in [1.82, 2.24) is 0 Å². The van der Waals surface area contributed by atoms with Gasteiger partial charge < -0.3 is 9.47 Å². The predicted molar refractivity (Wildman–Crippen MR) is 75.3 cm³/mol. The summed E-state index contributed by atoms with van der Waals surface area (Å²) in [5.41, 5.74) is 3.12. The number of aryl methyl sites for hydroxylation is 1. The average Bonchev–Trinajstić information content (AvgIpc) is 3.01. The molecule has 0 saturated heterocycles. The molecule has 2 aromatic rings. The summed E-state index contributed by atoms with van der Waals surface area (Å²) in [7, 11) is 0. The van der Waals surface area contributed by atoms with Crippen LogP contribution in [0.4, 0.5) is 0 Å². The smallest absolute Gasteiger partial charge is 0.180 e. The molecule has 18 heavy (non-hydrogen) atoms. The van der Waals surface area contributed by atoms with Crippen molar-refractivity contribution >= 4 is 22.7 Å². The van der Waals surface area contributed by atoms with Crippen LogP contribution in [0.5, 0.6) is 11.5 Å². The van der Waals surface area contributed by atoms with E-state index in [4.69, 9.17) is 9.47 Å². The van der Waals surface area contributed by atoms with Gasteiger partial charge >= 0.3 is 0 Å². The van der Waals surface area contributed by atoms with E-state index in [2.05, 4.69) is 10.8 Å². The fourth-order valence-corrected chi connectivity index (χ4v) is 5.01. The largest absolute Gasteiger partial charge is 0.485 e. The van der Waals surface area contributed by atoms with Gasteiger partial charge in [-0.05, 0) is 42.2 Å². The molecule has 1 aliphatic carbocycles. The summed E-state index contributed by atoms with van der Waals surface area (Å²) in [6, 6.07) is 0. The van der Waals surface area contributed by atoms with Crippen molar-refractivity contribution in [2.75, 3.05) is 13.2 Å². The molecule has 4 rings (SSSR count). The number of fused-ring (bicyclic) bond motifs is 2. The molecule has 0 radical (unpaired) electrons. The summed E-state index contributed by atoms with van der Waals surface area (Å²) in [5, 5.41) is 4.42. The molecule has 0 aromatic carbocycles. The highest BCUT2D eigenvalue weighted by atomic mass is 32.1. The lowest BCUT2D eigenvalue weighted by Gasteiger charge is -2.17. The molecular formula is C14H14O2S2. The monoisotopic (exact) mass is 278 g/mol. The van der Waals surface area contributed by atoms with Gasteiger partial charge in [0.2, 0.25) is 0 Å². The van der Waals surface area contributed by atoms with Crippen molar-refractivity contribution < 1.29 is 9.47 Å². The lowest BCUT2D eigenvalue weighted by Crippen LogP contribution is -2.14. The predicted octanol–water partition coefficient (Wildman–Crippen LogP) is 4.13. The summed E-state index contributed by atoms with van der Waals surface area (Å²) in [6.07, 6.45) is 5.13. The maximum Gasteiger partial charge on any atom is 0.180 e. The topological polar surface area (TPSA) is 18.5 Å². The summed E-state index contributed by atoms with van der Waals surface area (Å²) < 4.78 is 11.4. The van der Waals surface area contributed by atoms with Gasteiger partial charge in [0.1, 0.15) is 13.2 Å². The third-order valence-electron chi connectivity index (χ3n) is 3.61. The van der Waals surface area contributed by atoms with Gasteiger partial charge in [-0.3, -0.25) is 0 Å². The van der Waals surface area contributed by atoms with Gasteiger partial charge in [0.15, 0.2) is 11.5 Å². The van der Waals surface area contributed by atoms with Crippen LogP contribution in [0.2, 0.25) is 0 Å². The summed E-state index contributed by atoms with van der Waals surface area (Å²) in [4.78, 5) is 2.69. The third kappa shape index (κ3) is 1.59. The Hall–Kier alpha value is -1.00. The lowest BCUT2D eigenvalue weighted by molar-refractivity contribution is 0.174. The van der Waals surface area contributed by atoms with Crippen molar-refractivity contribution in [2.45, 2.75) is 25.7 Å². The second kappa shape index (κ2) is 4.28. The van der Waals surface area contributed by atoms with Crippen LogP contribution < -0.4 is 9.47 Å². The van der Waals surface area contributed by atoms with Gasteiger partial charge in [-0.15, -0.1) is 22.7 Å². The minimum absolute atomic E-state index is 0.671. The second-order valence-electron chi connectivity index (χ2n) is 4.73. The fraction of sp³-hybridized carbons (Fsp3) is 0.429. The Bertz CT molecular complexity index is 530. The molecule has 3 heterocycles. The maximum absolute atomic E-state index is 5.80. The molecule has 1 aliphatic heterocycles. The molecule has 4 heteroatoms. The number of ether oxygens (including phenoxy) is 2. The zero-order valence-corrected chi connectivity index (χ0v) is 11.7. The van der Waals surface area contributed by atoms with Crippen molar-refractivity contribution in [3.8, 4) is 21.3 Å².